The molecule has 1 aromatic heterocycles. The van der Waals surface area contributed by atoms with Crippen LogP contribution in [-0.2, 0) is 6.18 Å². The van der Waals surface area contributed by atoms with E-state index in [9.17, 15) is 22.8 Å². The zero-order valence-electron chi connectivity index (χ0n) is 15.9. The number of halogens is 3. The van der Waals surface area contributed by atoms with E-state index in [4.69, 9.17) is 0 Å². The van der Waals surface area contributed by atoms with Crippen molar-refractivity contribution >= 4 is 17.5 Å². The molecule has 1 heterocycles. The molecule has 3 rings (SSSR count). The van der Waals surface area contributed by atoms with E-state index in [0.29, 0.717) is 17.8 Å². The first kappa shape index (κ1) is 21.0. The van der Waals surface area contributed by atoms with Crippen LogP contribution in [0.2, 0.25) is 0 Å². The summed E-state index contributed by atoms with van der Waals surface area (Å²) in [4.78, 5) is 24.5. The SMILES string of the molecule is CCCNC(=O)c1cccc(NC(=O)c2cn(-c3ccccc3C(F)(F)F)nn2)c1. The van der Waals surface area contributed by atoms with Crippen molar-refractivity contribution in [1.29, 1.82) is 0 Å². The smallest absolute Gasteiger partial charge is 0.352 e. The largest absolute Gasteiger partial charge is 0.418 e. The fourth-order valence-corrected chi connectivity index (χ4v) is 2.67. The van der Waals surface area contributed by atoms with Gasteiger partial charge in [-0.3, -0.25) is 9.59 Å². The third-order valence-corrected chi connectivity index (χ3v) is 4.10. The molecule has 2 aromatic carbocycles. The van der Waals surface area contributed by atoms with Crippen LogP contribution in [0.25, 0.3) is 5.69 Å². The molecule has 2 N–H and O–H groups in total. The van der Waals surface area contributed by atoms with Crippen molar-refractivity contribution in [2.45, 2.75) is 19.5 Å². The molecule has 0 aliphatic heterocycles. The monoisotopic (exact) mass is 417 g/mol. The van der Waals surface area contributed by atoms with E-state index in [1.807, 2.05) is 6.92 Å². The second kappa shape index (κ2) is 8.76. The van der Waals surface area contributed by atoms with Crippen LogP contribution in [-0.4, -0.2) is 33.4 Å². The highest BCUT2D eigenvalue weighted by Crippen LogP contribution is 2.33. The Hall–Kier alpha value is -3.69. The number of carbonyl (C=O) groups is 2. The third kappa shape index (κ3) is 4.83. The molecular formula is C20H18F3N5O2. The fraction of sp³-hybridized carbons (Fsp3) is 0.200. The van der Waals surface area contributed by atoms with Gasteiger partial charge in [0, 0.05) is 17.8 Å². The number of amides is 2. The summed E-state index contributed by atoms with van der Waals surface area (Å²) in [5, 5.41) is 12.6. The van der Waals surface area contributed by atoms with Crippen molar-refractivity contribution < 1.29 is 22.8 Å². The lowest BCUT2D eigenvalue weighted by Gasteiger charge is -2.11. The number of nitrogens with one attached hydrogen (secondary N) is 2. The Kier molecular flexibility index (Phi) is 6.14. The average molecular weight is 417 g/mol. The molecule has 7 nitrogen and oxygen atoms in total. The number of hydrogen-bond acceptors (Lipinski definition) is 4. The third-order valence-electron chi connectivity index (χ3n) is 4.10. The number of carbonyl (C=O) groups excluding carboxylic acids is 2. The van der Waals surface area contributed by atoms with E-state index < -0.39 is 17.6 Å². The summed E-state index contributed by atoms with van der Waals surface area (Å²) < 4.78 is 40.5. The number of aromatic nitrogens is 3. The Balaban J connectivity index is 1.78. The van der Waals surface area contributed by atoms with Gasteiger partial charge in [-0.1, -0.05) is 30.3 Å². The molecule has 0 bridgehead atoms. The van der Waals surface area contributed by atoms with Gasteiger partial charge in [0.1, 0.15) is 0 Å². The first-order valence-corrected chi connectivity index (χ1v) is 9.08. The van der Waals surface area contributed by atoms with E-state index in [0.717, 1.165) is 23.4 Å². The molecule has 156 valence electrons. The maximum Gasteiger partial charge on any atom is 0.418 e. The number of rotatable bonds is 6. The van der Waals surface area contributed by atoms with Crippen molar-refractivity contribution in [2.75, 3.05) is 11.9 Å². The molecule has 0 fully saturated rings. The van der Waals surface area contributed by atoms with Crippen LogP contribution >= 0.6 is 0 Å². The van der Waals surface area contributed by atoms with Gasteiger partial charge in [-0.15, -0.1) is 5.10 Å². The molecule has 0 saturated carbocycles. The molecule has 0 unspecified atom stereocenters. The summed E-state index contributed by atoms with van der Waals surface area (Å²) >= 11 is 0. The molecule has 0 saturated heterocycles. The van der Waals surface area contributed by atoms with Gasteiger partial charge in [0.15, 0.2) is 5.69 Å². The molecule has 2 amide bonds. The number of anilines is 1. The van der Waals surface area contributed by atoms with Crippen molar-refractivity contribution in [2.24, 2.45) is 0 Å². The molecular weight excluding hydrogens is 399 g/mol. The topological polar surface area (TPSA) is 88.9 Å². The van der Waals surface area contributed by atoms with Crippen LogP contribution in [0.15, 0.2) is 54.7 Å². The lowest BCUT2D eigenvalue weighted by atomic mass is 10.1. The van der Waals surface area contributed by atoms with Gasteiger partial charge in [-0.25, -0.2) is 4.68 Å². The van der Waals surface area contributed by atoms with Gasteiger partial charge in [0.2, 0.25) is 0 Å². The van der Waals surface area contributed by atoms with Gasteiger partial charge >= 0.3 is 6.18 Å². The van der Waals surface area contributed by atoms with Crippen molar-refractivity contribution in [1.82, 2.24) is 20.3 Å². The Morgan fingerprint density at radius 2 is 1.83 bits per heavy atom. The van der Waals surface area contributed by atoms with E-state index in [1.165, 1.54) is 24.3 Å². The van der Waals surface area contributed by atoms with Gasteiger partial charge < -0.3 is 10.6 Å². The maximum absolute atomic E-state index is 13.2. The number of benzene rings is 2. The molecule has 3 aromatic rings. The van der Waals surface area contributed by atoms with E-state index in [-0.39, 0.29) is 17.3 Å². The predicted molar refractivity (Wildman–Crippen MR) is 103 cm³/mol. The van der Waals surface area contributed by atoms with Crippen molar-refractivity contribution in [3.63, 3.8) is 0 Å². The second-order valence-electron chi connectivity index (χ2n) is 6.35. The van der Waals surface area contributed by atoms with Crippen LogP contribution in [0.3, 0.4) is 0 Å². The maximum atomic E-state index is 13.2. The average Bonchev–Trinajstić information content (AvgIpc) is 3.22. The van der Waals surface area contributed by atoms with Crippen molar-refractivity contribution in [3.8, 4) is 5.69 Å². The first-order valence-electron chi connectivity index (χ1n) is 9.08. The summed E-state index contributed by atoms with van der Waals surface area (Å²) in [6, 6.07) is 11.1. The van der Waals surface area contributed by atoms with Gasteiger partial charge in [-0.2, -0.15) is 13.2 Å². The zero-order valence-corrected chi connectivity index (χ0v) is 15.9. The highest BCUT2D eigenvalue weighted by Gasteiger charge is 2.34. The van der Waals surface area contributed by atoms with Gasteiger partial charge in [0.05, 0.1) is 17.4 Å². The molecule has 0 spiro atoms. The van der Waals surface area contributed by atoms with Crippen LogP contribution in [0.4, 0.5) is 18.9 Å². The second-order valence-corrected chi connectivity index (χ2v) is 6.35. The molecule has 30 heavy (non-hydrogen) atoms. The van der Waals surface area contributed by atoms with Crippen molar-refractivity contribution in [3.05, 3.63) is 71.5 Å². The quantitative estimate of drug-likeness (QED) is 0.640. The minimum Gasteiger partial charge on any atom is -0.352 e. The van der Waals surface area contributed by atoms with E-state index in [2.05, 4.69) is 20.9 Å². The summed E-state index contributed by atoms with van der Waals surface area (Å²) in [6.07, 6.45) is -2.68. The van der Waals surface area contributed by atoms with E-state index >= 15 is 0 Å². The zero-order chi connectivity index (χ0) is 21.7. The van der Waals surface area contributed by atoms with Crippen LogP contribution in [0.1, 0.15) is 39.8 Å². The summed E-state index contributed by atoms with van der Waals surface area (Å²) in [5.41, 5.74) is -0.606. The first-order chi connectivity index (χ1) is 14.3. The van der Waals surface area contributed by atoms with Crippen LogP contribution in [0.5, 0.6) is 0 Å². The minimum absolute atomic E-state index is 0.173. The van der Waals surface area contributed by atoms with Crippen LogP contribution in [0, 0.1) is 0 Å². The Morgan fingerprint density at radius 3 is 2.57 bits per heavy atom. The number of hydrogen-bond donors (Lipinski definition) is 2. The van der Waals surface area contributed by atoms with Gasteiger partial charge in [-0.05, 0) is 36.8 Å². The lowest BCUT2D eigenvalue weighted by molar-refractivity contribution is -0.137. The van der Waals surface area contributed by atoms with Gasteiger partial charge in [0.25, 0.3) is 11.8 Å². The van der Waals surface area contributed by atoms with E-state index in [1.54, 1.807) is 18.2 Å². The number of para-hydroxylation sites is 1. The fourth-order valence-electron chi connectivity index (χ4n) is 2.67. The highest BCUT2D eigenvalue weighted by molar-refractivity contribution is 6.03. The number of alkyl halides is 3. The molecule has 0 radical (unpaired) electrons. The normalized spacial score (nSPS) is 11.2. The highest BCUT2D eigenvalue weighted by atomic mass is 19.4. The molecule has 0 aliphatic carbocycles. The lowest BCUT2D eigenvalue weighted by Crippen LogP contribution is -2.24. The molecule has 0 aliphatic rings. The standard InChI is InChI=1S/C20H18F3N5O2/c1-2-10-24-18(29)13-6-5-7-14(11-13)25-19(30)16-12-28(27-26-16)17-9-4-3-8-15(17)20(21,22)23/h3-9,11-12H,2,10H2,1H3,(H,24,29)(H,25,30). The Labute approximate surface area is 169 Å². The summed E-state index contributed by atoms with van der Waals surface area (Å²) in [6.45, 7) is 2.45. The molecule has 10 heteroatoms. The Morgan fingerprint density at radius 1 is 1.07 bits per heavy atom. The molecule has 0 atom stereocenters. The summed E-state index contributed by atoms with van der Waals surface area (Å²) in [7, 11) is 0. The minimum atomic E-state index is -4.58. The Bertz CT molecular complexity index is 1060. The predicted octanol–water partition coefficient (Wildman–Crippen LogP) is 3.68. The number of nitrogens with zero attached hydrogens (tertiary/aromatic N) is 3. The van der Waals surface area contributed by atoms with Crippen LogP contribution < -0.4 is 10.6 Å². The summed E-state index contributed by atoms with van der Waals surface area (Å²) in [5.74, 6) is -0.945.